The van der Waals surface area contributed by atoms with Gasteiger partial charge in [0, 0.05) is 5.75 Å². The molecule has 0 radical (unpaired) electrons. The standard InChI is InChI=1S/C5H9N3O4S/c6-3(2-13)5(11)8(7-12)1-4(9)10/h3,13H,1-2,6H2,(H,9,10)/t3-/m0/s1. The molecule has 0 aliphatic rings. The van der Waals surface area contributed by atoms with E-state index in [1.807, 2.05) is 0 Å². The van der Waals surface area contributed by atoms with Crippen molar-refractivity contribution in [1.82, 2.24) is 5.01 Å². The summed E-state index contributed by atoms with van der Waals surface area (Å²) in [6, 6.07) is -1.01. The van der Waals surface area contributed by atoms with Crippen LogP contribution in [-0.4, -0.2) is 40.3 Å². The van der Waals surface area contributed by atoms with Gasteiger partial charge in [0.05, 0.1) is 11.3 Å². The molecule has 0 bridgehead atoms. The second kappa shape index (κ2) is 5.49. The first-order valence-corrected chi connectivity index (χ1v) is 3.89. The van der Waals surface area contributed by atoms with Gasteiger partial charge in [-0.25, -0.2) is 0 Å². The molecule has 3 N–H and O–H groups in total. The van der Waals surface area contributed by atoms with Gasteiger partial charge in [-0.15, -0.1) is 4.91 Å². The van der Waals surface area contributed by atoms with Crippen molar-refractivity contribution in [3.8, 4) is 0 Å². The van der Waals surface area contributed by atoms with E-state index in [1.165, 1.54) is 0 Å². The first-order chi connectivity index (χ1) is 6.02. The second-order valence-corrected chi connectivity index (χ2v) is 2.53. The minimum Gasteiger partial charge on any atom is -0.480 e. The monoisotopic (exact) mass is 207 g/mol. The summed E-state index contributed by atoms with van der Waals surface area (Å²) in [5, 5.41) is 10.8. The van der Waals surface area contributed by atoms with Gasteiger partial charge in [-0.05, 0) is 0 Å². The van der Waals surface area contributed by atoms with E-state index < -0.39 is 24.5 Å². The lowest BCUT2D eigenvalue weighted by molar-refractivity contribution is -0.144. The van der Waals surface area contributed by atoms with Gasteiger partial charge in [-0.3, -0.25) is 9.59 Å². The normalized spacial score (nSPS) is 11.8. The van der Waals surface area contributed by atoms with Gasteiger partial charge in [0.15, 0.2) is 0 Å². The highest BCUT2D eigenvalue weighted by atomic mass is 32.1. The molecule has 0 rings (SSSR count). The number of aliphatic carboxylic acids is 1. The van der Waals surface area contributed by atoms with E-state index in [-0.39, 0.29) is 10.8 Å². The zero-order chi connectivity index (χ0) is 10.4. The van der Waals surface area contributed by atoms with Crippen LogP contribution < -0.4 is 5.73 Å². The average molecular weight is 207 g/mol. The van der Waals surface area contributed by atoms with Crippen LogP contribution >= 0.6 is 12.6 Å². The van der Waals surface area contributed by atoms with Crippen LogP contribution in [-0.2, 0) is 9.59 Å². The Morgan fingerprint density at radius 3 is 2.46 bits per heavy atom. The van der Waals surface area contributed by atoms with Crippen LogP contribution in [0.15, 0.2) is 5.29 Å². The van der Waals surface area contributed by atoms with Crippen LogP contribution in [0.4, 0.5) is 0 Å². The Bertz CT molecular complexity index is 222. The number of carboxylic acid groups (broad SMARTS) is 1. The van der Waals surface area contributed by atoms with Crippen LogP contribution in [0, 0.1) is 4.91 Å². The Hall–Kier alpha value is -1.15. The predicted molar refractivity (Wildman–Crippen MR) is 47.0 cm³/mol. The molecular formula is C5H9N3O4S. The number of nitrogens with zero attached hydrogens (tertiary/aromatic N) is 2. The van der Waals surface area contributed by atoms with Crippen molar-refractivity contribution in [2.24, 2.45) is 11.0 Å². The fourth-order valence-electron chi connectivity index (χ4n) is 0.545. The molecule has 1 atom stereocenters. The Balaban J connectivity index is 4.31. The molecule has 0 fully saturated rings. The molecule has 74 valence electrons. The number of hydrogen-bond donors (Lipinski definition) is 3. The zero-order valence-corrected chi connectivity index (χ0v) is 7.48. The molecule has 0 aliphatic heterocycles. The second-order valence-electron chi connectivity index (χ2n) is 2.16. The highest BCUT2D eigenvalue weighted by Crippen LogP contribution is 1.95. The number of amides is 1. The molecule has 0 saturated carbocycles. The maximum absolute atomic E-state index is 11.0. The van der Waals surface area contributed by atoms with E-state index in [4.69, 9.17) is 10.8 Å². The van der Waals surface area contributed by atoms with Gasteiger partial charge < -0.3 is 10.8 Å². The molecule has 0 spiro atoms. The lowest BCUT2D eigenvalue weighted by Crippen LogP contribution is -2.44. The third kappa shape index (κ3) is 3.85. The number of nitroso groups, excluding NO2 is 1. The molecule has 0 unspecified atom stereocenters. The lowest BCUT2D eigenvalue weighted by Gasteiger charge is -2.14. The Kier molecular flexibility index (Phi) is 5.00. The first-order valence-electron chi connectivity index (χ1n) is 3.25. The number of carbonyl (C=O) groups excluding carboxylic acids is 1. The Labute approximate surface area is 79.2 Å². The fraction of sp³-hybridized carbons (Fsp3) is 0.600. The van der Waals surface area contributed by atoms with Crippen molar-refractivity contribution in [2.75, 3.05) is 12.3 Å². The first kappa shape index (κ1) is 11.8. The predicted octanol–water partition coefficient (Wildman–Crippen LogP) is -1.16. The number of thiol groups is 1. The van der Waals surface area contributed by atoms with Crippen LogP contribution in [0.1, 0.15) is 0 Å². The number of carbonyl (C=O) groups is 2. The highest BCUT2D eigenvalue weighted by molar-refractivity contribution is 7.80. The van der Waals surface area contributed by atoms with Gasteiger partial charge >= 0.3 is 5.97 Å². The Morgan fingerprint density at radius 2 is 2.15 bits per heavy atom. The van der Waals surface area contributed by atoms with Crippen LogP contribution in [0.25, 0.3) is 0 Å². The molecule has 0 saturated heterocycles. The van der Waals surface area contributed by atoms with E-state index in [1.54, 1.807) is 0 Å². The van der Waals surface area contributed by atoms with Crippen molar-refractivity contribution >= 4 is 24.5 Å². The van der Waals surface area contributed by atoms with Crippen molar-refractivity contribution in [1.29, 1.82) is 0 Å². The summed E-state index contributed by atoms with van der Waals surface area (Å²) in [4.78, 5) is 31.2. The molecule has 8 heteroatoms. The molecule has 13 heavy (non-hydrogen) atoms. The average Bonchev–Trinajstić information content (AvgIpc) is 2.11. The van der Waals surface area contributed by atoms with E-state index in [0.29, 0.717) is 0 Å². The van der Waals surface area contributed by atoms with E-state index in [0.717, 1.165) is 0 Å². The van der Waals surface area contributed by atoms with Crippen molar-refractivity contribution < 1.29 is 14.7 Å². The molecule has 0 aromatic heterocycles. The van der Waals surface area contributed by atoms with Crippen molar-refractivity contribution in [3.63, 3.8) is 0 Å². The molecule has 0 heterocycles. The van der Waals surface area contributed by atoms with Crippen LogP contribution in [0.2, 0.25) is 0 Å². The SMILES string of the molecule is N[C@@H](CS)C(=O)N(CC(=O)O)N=O. The minimum atomic E-state index is -1.33. The van der Waals surface area contributed by atoms with Crippen LogP contribution in [0.3, 0.4) is 0 Å². The zero-order valence-electron chi connectivity index (χ0n) is 6.58. The summed E-state index contributed by atoms with van der Waals surface area (Å²) in [5.74, 6) is -2.17. The summed E-state index contributed by atoms with van der Waals surface area (Å²) in [6.07, 6.45) is 0. The summed E-state index contributed by atoms with van der Waals surface area (Å²) in [6.45, 7) is -0.788. The quantitative estimate of drug-likeness (QED) is 0.299. The summed E-state index contributed by atoms with van der Waals surface area (Å²) < 4.78 is 0. The lowest BCUT2D eigenvalue weighted by atomic mass is 10.3. The minimum absolute atomic E-state index is 0.0183. The smallest absolute Gasteiger partial charge is 0.325 e. The molecule has 0 aromatic carbocycles. The third-order valence-corrected chi connectivity index (χ3v) is 1.55. The number of rotatable bonds is 5. The van der Waals surface area contributed by atoms with E-state index >= 15 is 0 Å². The molecule has 7 nitrogen and oxygen atoms in total. The topological polar surface area (TPSA) is 113 Å². The van der Waals surface area contributed by atoms with Crippen LogP contribution in [0.5, 0.6) is 0 Å². The number of carboxylic acids is 1. The van der Waals surface area contributed by atoms with E-state index in [2.05, 4.69) is 17.9 Å². The number of nitrogens with two attached hydrogens (primary N) is 1. The van der Waals surface area contributed by atoms with Crippen molar-refractivity contribution in [3.05, 3.63) is 4.91 Å². The highest BCUT2D eigenvalue weighted by Gasteiger charge is 2.22. The van der Waals surface area contributed by atoms with Gasteiger partial charge in [0.2, 0.25) is 0 Å². The van der Waals surface area contributed by atoms with Gasteiger partial charge in [0.25, 0.3) is 5.91 Å². The summed E-state index contributed by atoms with van der Waals surface area (Å²) >= 11 is 3.72. The molecule has 0 aromatic rings. The van der Waals surface area contributed by atoms with Crippen molar-refractivity contribution in [2.45, 2.75) is 6.04 Å². The summed E-state index contributed by atoms with van der Waals surface area (Å²) in [7, 11) is 0. The number of hydrogen-bond acceptors (Lipinski definition) is 6. The molecule has 1 amide bonds. The van der Waals surface area contributed by atoms with E-state index in [9.17, 15) is 14.5 Å². The fourth-order valence-corrected chi connectivity index (χ4v) is 0.701. The molecular weight excluding hydrogens is 198 g/mol. The van der Waals surface area contributed by atoms with Gasteiger partial charge in [0.1, 0.15) is 6.54 Å². The maximum Gasteiger partial charge on any atom is 0.325 e. The summed E-state index contributed by atoms with van der Waals surface area (Å²) in [5.41, 5.74) is 5.21. The van der Waals surface area contributed by atoms with Gasteiger partial charge in [-0.1, -0.05) is 0 Å². The van der Waals surface area contributed by atoms with Gasteiger partial charge in [-0.2, -0.15) is 17.6 Å². The maximum atomic E-state index is 11.0. The third-order valence-electron chi connectivity index (χ3n) is 1.15. The Morgan fingerprint density at radius 1 is 1.62 bits per heavy atom. The molecule has 0 aliphatic carbocycles. The largest absolute Gasteiger partial charge is 0.480 e.